The highest BCUT2D eigenvalue weighted by Crippen LogP contribution is 2.70. The second-order valence-corrected chi connectivity index (χ2v) is 9.63. The number of hydrogen-bond acceptors (Lipinski definition) is 4. The number of nitrogens with zero attached hydrogens (tertiary/aromatic N) is 1. The first-order valence-corrected chi connectivity index (χ1v) is 9.68. The third-order valence-corrected chi connectivity index (χ3v) is 9.11. The van der Waals surface area contributed by atoms with Crippen LogP contribution in [0.15, 0.2) is 0 Å². The summed E-state index contributed by atoms with van der Waals surface area (Å²) in [4.78, 5) is 12.4. The second-order valence-electron chi connectivity index (χ2n) is 9.63. The predicted molar refractivity (Wildman–Crippen MR) is 86.7 cm³/mol. The lowest BCUT2D eigenvalue weighted by Crippen LogP contribution is -2.58. The van der Waals surface area contributed by atoms with Crippen molar-refractivity contribution in [2.45, 2.75) is 76.6 Å². The summed E-state index contributed by atoms with van der Waals surface area (Å²) in [6.07, 6.45) is 6.68. The molecule has 24 heavy (non-hydrogen) atoms. The molecule has 1 heterocycles. The number of ether oxygens (including phenoxy) is 1. The summed E-state index contributed by atoms with van der Waals surface area (Å²) in [5, 5.41) is 20.1. The smallest absolute Gasteiger partial charge is 0.239 e. The molecular weight excluding hydrogens is 302 g/mol. The zero-order valence-corrected chi connectivity index (χ0v) is 14.6. The maximum absolute atomic E-state index is 12.4. The Labute approximate surface area is 143 Å². The van der Waals surface area contributed by atoms with Gasteiger partial charge in [-0.3, -0.25) is 4.79 Å². The van der Waals surface area contributed by atoms with E-state index in [1.54, 1.807) is 0 Å². The predicted octanol–water partition coefficient (Wildman–Crippen LogP) is 2.84. The maximum atomic E-state index is 12.4. The fourth-order valence-electron chi connectivity index (χ4n) is 7.62. The lowest BCUT2D eigenvalue weighted by atomic mass is 9.44. The summed E-state index contributed by atoms with van der Waals surface area (Å²) in [5.74, 6) is 2.14. The van der Waals surface area contributed by atoms with Gasteiger partial charge in [-0.2, -0.15) is 5.26 Å². The third kappa shape index (κ3) is 1.51. The molecule has 0 aromatic carbocycles. The Morgan fingerprint density at radius 3 is 2.71 bits per heavy atom. The molecule has 0 aromatic rings. The molecule has 5 aliphatic rings. The van der Waals surface area contributed by atoms with Gasteiger partial charge in [-0.1, -0.05) is 13.8 Å². The first-order valence-electron chi connectivity index (χ1n) is 9.68. The van der Waals surface area contributed by atoms with E-state index >= 15 is 0 Å². The summed E-state index contributed by atoms with van der Waals surface area (Å²) in [7, 11) is 0. The average molecular weight is 329 g/mol. The van der Waals surface area contributed by atoms with E-state index in [1.807, 2.05) is 0 Å². The molecule has 4 heteroatoms. The Balaban J connectivity index is 1.52. The molecule has 0 bridgehead atoms. The van der Waals surface area contributed by atoms with Crippen LogP contribution < -0.4 is 0 Å². The zero-order chi connectivity index (χ0) is 16.9. The fraction of sp³-hybridized carbons (Fsp3) is 0.900. The van der Waals surface area contributed by atoms with E-state index in [4.69, 9.17) is 4.74 Å². The summed E-state index contributed by atoms with van der Waals surface area (Å²) in [6.45, 7) is 4.59. The van der Waals surface area contributed by atoms with Crippen LogP contribution in [0.4, 0.5) is 0 Å². The van der Waals surface area contributed by atoms with E-state index in [-0.39, 0.29) is 28.8 Å². The Bertz CT molecular complexity index is 656. The molecular formula is C20H27NO3. The molecule has 1 saturated heterocycles. The van der Waals surface area contributed by atoms with Gasteiger partial charge in [0, 0.05) is 11.8 Å². The minimum Gasteiger partial charge on any atom is -0.393 e. The van der Waals surface area contributed by atoms with Crippen LogP contribution >= 0.6 is 0 Å². The van der Waals surface area contributed by atoms with Crippen LogP contribution in [-0.2, 0) is 9.53 Å². The fourth-order valence-corrected chi connectivity index (χ4v) is 7.62. The topological polar surface area (TPSA) is 73.6 Å². The van der Waals surface area contributed by atoms with Gasteiger partial charge in [0.15, 0.2) is 5.78 Å². The molecule has 5 rings (SSSR count). The largest absolute Gasteiger partial charge is 0.393 e. The highest BCUT2D eigenvalue weighted by Gasteiger charge is 2.77. The molecule has 4 nitrogen and oxygen atoms in total. The van der Waals surface area contributed by atoms with E-state index in [9.17, 15) is 15.2 Å². The van der Waals surface area contributed by atoms with Gasteiger partial charge in [0.2, 0.25) is 5.60 Å². The molecule has 1 unspecified atom stereocenters. The van der Waals surface area contributed by atoms with Crippen molar-refractivity contribution in [1.82, 2.24) is 0 Å². The van der Waals surface area contributed by atoms with Crippen LogP contribution in [0, 0.1) is 45.8 Å². The number of carbonyl (C=O) groups excluding carboxylic acids is 1. The van der Waals surface area contributed by atoms with E-state index < -0.39 is 5.60 Å². The van der Waals surface area contributed by atoms with E-state index in [2.05, 4.69) is 19.9 Å². The van der Waals surface area contributed by atoms with Crippen LogP contribution in [0.2, 0.25) is 0 Å². The Morgan fingerprint density at radius 2 is 1.96 bits per heavy atom. The number of ketones is 1. The summed E-state index contributed by atoms with van der Waals surface area (Å²) >= 11 is 0. The van der Waals surface area contributed by atoms with Crippen LogP contribution in [-0.4, -0.2) is 28.7 Å². The number of aliphatic hydroxyl groups excluding tert-OH is 1. The number of aliphatic hydroxyl groups is 1. The van der Waals surface area contributed by atoms with Gasteiger partial charge in [0.25, 0.3) is 0 Å². The van der Waals surface area contributed by atoms with E-state index in [1.165, 1.54) is 6.42 Å². The standard InChI is InChI=1S/C20H27NO3/c1-18-8-7-14-12(13(18)5-6-15(18)22)4-3-11-9-16(23)20(10-21)17(24-20)19(11,14)2/h11-15,17,22H,3-9H2,1-2H3/t11-,12-,13-,14-,15-,17?,18-,19-,20+/m0/s1. The van der Waals surface area contributed by atoms with Crippen molar-refractivity contribution in [3.05, 3.63) is 0 Å². The lowest BCUT2D eigenvalue weighted by Gasteiger charge is -2.59. The van der Waals surface area contributed by atoms with E-state index in [0.717, 1.165) is 32.1 Å². The van der Waals surface area contributed by atoms with Crippen LogP contribution in [0.1, 0.15) is 58.8 Å². The second kappa shape index (κ2) is 4.43. The molecule has 9 atom stereocenters. The zero-order valence-electron chi connectivity index (χ0n) is 14.6. The number of fused-ring (bicyclic) bond motifs is 7. The molecule has 0 spiro atoms. The van der Waals surface area contributed by atoms with Crippen LogP contribution in [0.25, 0.3) is 0 Å². The van der Waals surface area contributed by atoms with Crippen LogP contribution in [0.3, 0.4) is 0 Å². The minimum atomic E-state index is -1.12. The summed E-state index contributed by atoms with van der Waals surface area (Å²) in [6, 6.07) is 2.21. The number of epoxide rings is 1. The molecule has 130 valence electrons. The Morgan fingerprint density at radius 1 is 1.17 bits per heavy atom. The van der Waals surface area contributed by atoms with Gasteiger partial charge >= 0.3 is 0 Å². The van der Waals surface area contributed by atoms with Gasteiger partial charge in [-0.05, 0) is 67.6 Å². The molecule has 5 fully saturated rings. The molecule has 0 amide bonds. The van der Waals surface area contributed by atoms with E-state index in [0.29, 0.717) is 30.1 Å². The monoisotopic (exact) mass is 329 g/mol. The van der Waals surface area contributed by atoms with Gasteiger partial charge in [-0.15, -0.1) is 0 Å². The van der Waals surface area contributed by atoms with Crippen molar-refractivity contribution in [2.75, 3.05) is 0 Å². The average Bonchev–Trinajstić information content (AvgIpc) is 3.26. The Kier molecular flexibility index (Phi) is 2.83. The minimum absolute atomic E-state index is 0.0212. The van der Waals surface area contributed by atoms with Gasteiger partial charge in [0.1, 0.15) is 12.2 Å². The first-order chi connectivity index (χ1) is 11.4. The number of nitriles is 1. The first kappa shape index (κ1) is 15.3. The maximum Gasteiger partial charge on any atom is 0.239 e. The van der Waals surface area contributed by atoms with Gasteiger partial charge in [-0.25, -0.2) is 0 Å². The van der Waals surface area contributed by atoms with Crippen molar-refractivity contribution in [3.63, 3.8) is 0 Å². The lowest BCUT2D eigenvalue weighted by molar-refractivity contribution is -0.138. The number of carbonyl (C=O) groups is 1. The molecule has 4 aliphatic carbocycles. The van der Waals surface area contributed by atoms with Crippen LogP contribution in [0.5, 0.6) is 0 Å². The summed E-state index contributed by atoms with van der Waals surface area (Å²) < 4.78 is 5.85. The van der Waals surface area contributed by atoms with Crippen molar-refractivity contribution in [3.8, 4) is 6.07 Å². The highest BCUT2D eigenvalue weighted by molar-refractivity contribution is 5.95. The molecule has 0 aromatic heterocycles. The van der Waals surface area contributed by atoms with Gasteiger partial charge < -0.3 is 9.84 Å². The molecule has 1 N–H and O–H groups in total. The summed E-state index contributed by atoms with van der Waals surface area (Å²) in [5.41, 5.74) is -1.09. The quantitative estimate of drug-likeness (QED) is 0.694. The molecule has 1 aliphatic heterocycles. The highest BCUT2D eigenvalue weighted by atomic mass is 16.6. The molecule has 0 radical (unpaired) electrons. The Hall–Kier alpha value is -0.920. The number of hydrogen-bond donors (Lipinski definition) is 1. The van der Waals surface area contributed by atoms with Crippen molar-refractivity contribution in [2.24, 2.45) is 34.5 Å². The molecule has 4 saturated carbocycles. The van der Waals surface area contributed by atoms with Crippen molar-refractivity contribution < 1.29 is 14.6 Å². The van der Waals surface area contributed by atoms with Crippen molar-refractivity contribution >= 4 is 5.78 Å². The number of Topliss-reactive ketones (excluding diaryl/α,β-unsaturated/α-hetero) is 1. The normalized spacial score (nSPS) is 61.2. The van der Waals surface area contributed by atoms with Gasteiger partial charge in [0.05, 0.1) is 6.10 Å². The number of rotatable bonds is 0. The SMILES string of the molecule is C[C@]12CC[C@H]3[C@@H](CC[C@H]4CC(=O)[C@@]5(C#N)OC5[C@@]43C)[C@@H]1CC[C@@H]2O. The van der Waals surface area contributed by atoms with Crippen molar-refractivity contribution in [1.29, 1.82) is 5.26 Å². The third-order valence-electron chi connectivity index (χ3n) is 9.11.